The second kappa shape index (κ2) is 6.68. The van der Waals surface area contributed by atoms with Gasteiger partial charge in [0.1, 0.15) is 0 Å². The Balaban J connectivity index is 1.67. The fourth-order valence-corrected chi connectivity index (χ4v) is 2.96. The highest BCUT2D eigenvalue weighted by Crippen LogP contribution is 2.30. The van der Waals surface area contributed by atoms with Crippen molar-refractivity contribution in [3.63, 3.8) is 0 Å². The zero-order chi connectivity index (χ0) is 19.0. The molecule has 27 heavy (non-hydrogen) atoms. The number of benzene rings is 2. The highest BCUT2D eigenvalue weighted by molar-refractivity contribution is 6.05. The van der Waals surface area contributed by atoms with Crippen LogP contribution in [0, 0.1) is 20.8 Å². The molecule has 1 N–H and O–H groups in total. The molecular formula is C22H19N3O2. The lowest BCUT2D eigenvalue weighted by atomic mass is 10.0. The van der Waals surface area contributed by atoms with Crippen molar-refractivity contribution in [1.29, 1.82) is 0 Å². The van der Waals surface area contributed by atoms with Gasteiger partial charge in [0.25, 0.3) is 5.91 Å². The van der Waals surface area contributed by atoms with E-state index in [1.54, 1.807) is 6.20 Å². The first-order valence-corrected chi connectivity index (χ1v) is 8.73. The van der Waals surface area contributed by atoms with E-state index in [4.69, 9.17) is 4.42 Å². The molecule has 0 unspecified atom stereocenters. The number of nitrogens with zero attached hydrogens (tertiary/aromatic N) is 2. The van der Waals surface area contributed by atoms with E-state index in [1.807, 2.05) is 69.3 Å². The number of aryl methyl sites for hydroxylation is 2. The third kappa shape index (κ3) is 3.19. The van der Waals surface area contributed by atoms with Gasteiger partial charge < -0.3 is 9.73 Å². The van der Waals surface area contributed by atoms with E-state index in [0.29, 0.717) is 22.7 Å². The highest BCUT2D eigenvalue weighted by Gasteiger charge is 2.15. The summed E-state index contributed by atoms with van der Waals surface area (Å²) in [6.45, 7) is 5.97. The SMILES string of the molecule is Cc1ccc(C(=O)Nc2cccc(-c3nc4ncccc4o3)c2C)cc1C. The molecule has 0 radical (unpaired) electrons. The second-order valence-electron chi connectivity index (χ2n) is 6.58. The molecule has 0 aliphatic heterocycles. The number of hydrogen-bond acceptors (Lipinski definition) is 4. The minimum atomic E-state index is -0.141. The van der Waals surface area contributed by atoms with Crippen molar-refractivity contribution in [1.82, 2.24) is 9.97 Å². The molecule has 2 heterocycles. The summed E-state index contributed by atoms with van der Waals surface area (Å²) in [6.07, 6.45) is 1.68. The quantitative estimate of drug-likeness (QED) is 0.556. The Hall–Kier alpha value is -3.47. The number of nitrogens with one attached hydrogen (secondary N) is 1. The van der Waals surface area contributed by atoms with Crippen molar-refractivity contribution < 1.29 is 9.21 Å². The Morgan fingerprint density at radius 1 is 1.00 bits per heavy atom. The predicted molar refractivity (Wildman–Crippen MR) is 106 cm³/mol. The van der Waals surface area contributed by atoms with Crippen LogP contribution in [0.3, 0.4) is 0 Å². The topological polar surface area (TPSA) is 68.0 Å². The van der Waals surface area contributed by atoms with Crippen LogP contribution in [0.25, 0.3) is 22.7 Å². The Kier molecular flexibility index (Phi) is 4.20. The Labute approximate surface area is 157 Å². The molecule has 0 aliphatic carbocycles. The lowest BCUT2D eigenvalue weighted by Crippen LogP contribution is -2.13. The van der Waals surface area contributed by atoms with Gasteiger partial charge in [-0.25, -0.2) is 4.98 Å². The van der Waals surface area contributed by atoms with Crippen molar-refractivity contribution in [2.45, 2.75) is 20.8 Å². The van der Waals surface area contributed by atoms with E-state index in [9.17, 15) is 4.79 Å². The lowest BCUT2D eigenvalue weighted by molar-refractivity contribution is 0.102. The summed E-state index contributed by atoms with van der Waals surface area (Å²) in [6, 6.07) is 15.0. The third-order valence-electron chi connectivity index (χ3n) is 4.75. The van der Waals surface area contributed by atoms with Crippen molar-refractivity contribution in [2.75, 3.05) is 5.32 Å². The minimum Gasteiger partial charge on any atom is -0.434 e. The Bertz CT molecular complexity index is 1130. The molecule has 4 rings (SSSR count). The van der Waals surface area contributed by atoms with Crippen LogP contribution < -0.4 is 5.32 Å². The number of pyridine rings is 1. The molecule has 0 spiro atoms. The zero-order valence-corrected chi connectivity index (χ0v) is 15.4. The number of fused-ring (bicyclic) bond motifs is 1. The van der Waals surface area contributed by atoms with E-state index in [0.717, 1.165) is 27.9 Å². The number of rotatable bonds is 3. The van der Waals surface area contributed by atoms with Gasteiger partial charge in [0.15, 0.2) is 11.2 Å². The van der Waals surface area contributed by atoms with Crippen LogP contribution in [0.15, 0.2) is 59.1 Å². The largest absolute Gasteiger partial charge is 0.434 e. The number of carbonyl (C=O) groups excluding carboxylic acids is 1. The normalized spacial score (nSPS) is 10.9. The van der Waals surface area contributed by atoms with Gasteiger partial charge in [-0.15, -0.1) is 0 Å². The van der Waals surface area contributed by atoms with Crippen molar-refractivity contribution >= 4 is 22.8 Å². The van der Waals surface area contributed by atoms with Crippen molar-refractivity contribution in [3.8, 4) is 11.5 Å². The number of oxazole rings is 1. The number of amides is 1. The number of anilines is 1. The van der Waals surface area contributed by atoms with Gasteiger partial charge in [-0.05, 0) is 73.9 Å². The Morgan fingerprint density at radius 3 is 2.63 bits per heavy atom. The van der Waals surface area contributed by atoms with Gasteiger partial charge in [0.2, 0.25) is 5.89 Å². The van der Waals surface area contributed by atoms with Gasteiger partial charge >= 0.3 is 0 Å². The monoisotopic (exact) mass is 357 g/mol. The molecule has 0 bridgehead atoms. The summed E-state index contributed by atoms with van der Waals surface area (Å²) < 4.78 is 5.82. The first kappa shape index (κ1) is 17.0. The van der Waals surface area contributed by atoms with E-state index < -0.39 is 0 Å². The van der Waals surface area contributed by atoms with Crippen LogP contribution >= 0.6 is 0 Å². The number of carbonyl (C=O) groups is 1. The summed E-state index contributed by atoms with van der Waals surface area (Å²) in [7, 11) is 0. The third-order valence-corrected chi connectivity index (χ3v) is 4.75. The van der Waals surface area contributed by atoms with Crippen molar-refractivity contribution in [3.05, 3.63) is 77.0 Å². The van der Waals surface area contributed by atoms with E-state index >= 15 is 0 Å². The van der Waals surface area contributed by atoms with Crippen LogP contribution in [-0.4, -0.2) is 15.9 Å². The van der Waals surface area contributed by atoms with E-state index in [-0.39, 0.29) is 5.91 Å². The van der Waals surface area contributed by atoms with Crippen LogP contribution in [0.2, 0.25) is 0 Å². The molecule has 0 saturated heterocycles. The molecule has 0 saturated carbocycles. The summed E-state index contributed by atoms with van der Waals surface area (Å²) in [4.78, 5) is 21.3. The first-order chi connectivity index (χ1) is 13.0. The summed E-state index contributed by atoms with van der Waals surface area (Å²) in [5, 5.41) is 2.99. The van der Waals surface area contributed by atoms with Gasteiger partial charge in [0.05, 0.1) is 0 Å². The van der Waals surface area contributed by atoms with Gasteiger partial charge in [-0.3, -0.25) is 4.79 Å². The zero-order valence-electron chi connectivity index (χ0n) is 15.4. The maximum atomic E-state index is 12.7. The summed E-state index contributed by atoms with van der Waals surface area (Å²) in [5.41, 5.74) is 6.53. The van der Waals surface area contributed by atoms with Crippen LogP contribution in [0.4, 0.5) is 5.69 Å². The molecule has 5 heteroatoms. The predicted octanol–water partition coefficient (Wildman–Crippen LogP) is 5.07. The average Bonchev–Trinajstić information content (AvgIpc) is 3.09. The lowest BCUT2D eigenvalue weighted by Gasteiger charge is -2.11. The molecule has 2 aromatic carbocycles. The van der Waals surface area contributed by atoms with Gasteiger partial charge in [-0.2, -0.15) is 4.98 Å². The average molecular weight is 357 g/mol. The highest BCUT2D eigenvalue weighted by atomic mass is 16.3. The molecule has 0 aliphatic rings. The fourth-order valence-electron chi connectivity index (χ4n) is 2.96. The fraction of sp³-hybridized carbons (Fsp3) is 0.136. The molecule has 4 aromatic rings. The molecule has 0 fully saturated rings. The van der Waals surface area contributed by atoms with Gasteiger partial charge in [-0.1, -0.05) is 12.1 Å². The minimum absolute atomic E-state index is 0.141. The Morgan fingerprint density at radius 2 is 1.85 bits per heavy atom. The van der Waals surface area contributed by atoms with Crippen molar-refractivity contribution in [2.24, 2.45) is 0 Å². The standard InChI is InChI=1S/C22H19N3O2/c1-13-9-10-16(12-14(13)2)21(26)24-18-7-4-6-17(15(18)3)22-25-20-19(27-22)8-5-11-23-20/h4-12H,1-3H3,(H,24,26). The smallest absolute Gasteiger partial charge is 0.255 e. The van der Waals surface area contributed by atoms with Crippen LogP contribution in [0.5, 0.6) is 0 Å². The molecule has 5 nitrogen and oxygen atoms in total. The molecule has 134 valence electrons. The van der Waals surface area contributed by atoms with Gasteiger partial charge in [0, 0.05) is 23.0 Å². The molecule has 0 atom stereocenters. The number of aromatic nitrogens is 2. The van der Waals surface area contributed by atoms with E-state index in [2.05, 4.69) is 15.3 Å². The first-order valence-electron chi connectivity index (χ1n) is 8.73. The summed E-state index contributed by atoms with van der Waals surface area (Å²) in [5.74, 6) is 0.348. The maximum absolute atomic E-state index is 12.7. The van der Waals surface area contributed by atoms with Crippen LogP contribution in [-0.2, 0) is 0 Å². The van der Waals surface area contributed by atoms with E-state index in [1.165, 1.54) is 0 Å². The molecule has 2 aromatic heterocycles. The molecular weight excluding hydrogens is 338 g/mol. The summed E-state index contributed by atoms with van der Waals surface area (Å²) >= 11 is 0. The maximum Gasteiger partial charge on any atom is 0.255 e. The van der Waals surface area contributed by atoms with Crippen LogP contribution in [0.1, 0.15) is 27.0 Å². The number of hydrogen-bond donors (Lipinski definition) is 1. The molecule has 1 amide bonds. The second-order valence-corrected chi connectivity index (χ2v) is 6.58.